The molecule has 0 aliphatic rings. The number of nitrogens with zero attached hydrogens (tertiary/aromatic N) is 2. The summed E-state index contributed by atoms with van der Waals surface area (Å²) in [5.74, 6) is -1.44. The average molecular weight is 285 g/mol. The Morgan fingerprint density at radius 2 is 2.20 bits per heavy atom. The van der Waals surface area contributed by atoms with E-state index in [1.54, 1.807) is 0 Å². The van der Waals surface area contributed by atoms with Gasteiger partial charge in [0.05, 0.1) is 0 Å². The molecule has 0 aliphatic carbocycles. The monoisotopic (exact) mass is 285 g/mol. The Balaban J connectivity index is 2.30. The van der Waals surface area contributed by atoms with Crippen molar-refractivity contribution in [3.05, 3.63) is 12.2 Å². The van der Waals surface area contributed by atoms with E-state index < -0.39 is 23.9 Å². The fourth-order valence-electron chi connectivity index (χ4n) is 1.34. The molecule has 0 bridgehead atoms. The highest BCUT2D eigenvalue weighted by molar-refractivity contribution is 5.83. The summed E-state index contributed by atoms with van der Waals surface area (Å²) in [4.78, 5) is 36.7. The molecule has 0 spiro atoms. The summed E-state index contributed by atoms with van der Waals surface area (Å²) in [6, 6.07) is -1.84. The van der Waals surface area contributed by atoms with Crippen LogP contribution in [0.2, 0.25) is 0 Å². The van der Waals surface area contributed by atoms with Crippen LogP contribution < -0.4 is 16.4 Å². The van der Waals surface area contributed by atoms with Gasteiger partial charge in [-0.2, -0.15) is 4.98 Å². The molecule has 1 aromatic rings. The van der Waals surface area contributed by atoms with Gasteiger partial charge in [-0.25, -0.2) is 9.59 Å². The van der Waals surface area contributed by atoms with Gasteiger partial charge in [0.25, 0.3) is 0 Å². The lowest BCUT2D eigenvalue weighted by Gasteiger charge is -2.14. The number of urea groups is 1. The Kier molecular flexibility index (Phi) is 5.94. The fourth-order valence-corrected chi connectivity index (χ4v) is 1.34. The number of hydrogen-bond donors (Lipinski definition) is 4. The Morgan fingerprint density at radius 3 is 2.75 bits per heavy atom. The number of carboxylic acid groups (broad SMARTS) is 1. The minimum Gasteiger partial charge on any atom is -0.480 e. The second-order valence-electron chi connectivity index (χ2n) is 3.89. The van der Waals surface area contributed by atoms with Gasteiger partial charge in [0.2, 0.25) is 12.3 Å². The smallest absolute Gasteiger partial charge is 0.326 e. The molecule has 0 saturated carbocycles. The molecule has 1 atom stereocenters. The first-order valence-corrected chi connectivity index (χ1v) is 5.79. The number of nitrogens with two attached hydrogens (primary N) is 1. The van der Waals surface area contributed by atoms with Crippen molar-refractivity contribution in [3.8, 4) is 0 Å². The molecule has 1 unspecified atom stereocenters. The fraction of sp³-hybridized carbons (Fsp3) is 0.500. The molecule has 10 heteroatoms. The maximum absolute atomic E-state index is 11.5. The summed E-state index contributed by atoms with van der Waals surface area (Å²) in [5.41, 5.74) is 4.92. The summed E-state index contributed by atoms with van der Waals surface area (Å²) >= 11 is 0. The SMILES string of the molecule is NC(=O)CCC(NC(=O)NCCc1ncon1)C(=O)O. The zero-order valence-electron chi connectivity index (χ0n) is 10.5. The second kappa shape index (κ2) is 7.71. The Hall–Kier alpha value is -2.65. The van der Waals surface area contributed by atoms with Gasteiger partial charge in [0, 0.05) is 19.4 Å². The van der Waals surface area contributed by atoms with E-state index in [0.29, 0.717) is 12.2 Å². The van der Waals surface area contributed by atoms with E-state index in [9.17, 15) is 14.4 Å². The normalized spacial score (nSPS) is 11.6. The largest absolute Gasteiger partial charge is 0.480 e. The van der Waals surface area contributed by atoms with E-state index in [-0.39, 0.29) is 19.4 Å². The van der Waals surface area contributed by atoms with Gasteiger partial charge in [-0.1, -0.05) is 5.16 Å². The Bertz CT molecular complexity index is 461. The topological polar surface area (TPSA) is 160 Å². The molecule has 10 nitrogen and oxygen atoms in total. The summed E-state index contributed by atoms with van der Waals surface area (Å²) in [7, 11) is 0. The zero-order chi connectivity index (χ0) is 15.0. The molecule has 5 N–H and O–H groups in total. The van der Waals surface area contributed by atoms with Gasteiger partial charge in [-0.05, 0) is 6.42 Å². The van der Waals surface area contributed by atoms with E-state index >= 15 is 0 Å². The lowest BCUT2D eigenvalue weighted by atomic mass is 10.1. The predicted octanol–water partition coefficient (Wildman–Crippen LogP) is -1.37. The Labute approximate surface area is 113 Å². The van der Waals surface area contributed by atoms with Gasteiger partial charge < -0.3 is 26.0 Å². The molecule has 20 heavy (non-hydrogen) atoms. The first kappa shape index (κ1) is 15.4. The van der Waals surface area contributed by atoms with Crippen LogP contribution in [0.3, 0.4) is 0 Å². The number of carboxylic acids is 1. The molecule has 0 aliphatic heterocycles. The van der Waals surface area contributed by atoms with Crippen molar-refractivity contribution in [3.63, 3.8) is 0 Å². The summed E-state index contributed by atoms with van der Waals surface area (Å²) in [6.07, 6.45) is 1.33. The maximum Gasteiger partial charge on any atom is 0.326 e. The van der Waals surface area contributed by atoms with Gasteiger partial charge >= 0.3 is 12.0 Å². The quantitative estimate of drug-likeness (QED) is 0.458. The standard InChI is InChI=1S/C10H15N5O5/c11-7(16)2-1-6(9(17)18)14-10(19)12-4-3-8-13-5-20-15-8/h5-6H,1-4H2,(H2,11,16)(H,17,18)(H2,12,14,19). The van der Waals surface area contributed by atoms with Crippen LogP contribution in [-0.4, -0.2) is 45.7 Å². The number of carbonyl (C=O) groups excluding carboxylic acids is 2. The van der Waals surface area contributed by atoms with Crippen LogP contribution in [0.15, 0.2) is 10.9 Å². The lowest BCUT2D eigenvalue weighted by molar-refractivity contribution is -0.139. The number of aromatic nitrogens is 2. The number of primary amides is 1. The molecule has 3 amide bonds. The van der Waals surface area contributed by atoms with E-state index in [1.807, 2.05) is 0 Å². The minimum absolute atomic E-state index is 0.0665. The van der Waals surface area contributed by atoms with Crippen LogP contribution in [0.25, 0.3) is 0 Å². The third-order valence-corrected chi connectivity index (χ3v) is 2.32. The van der Waals surface area contributed by atoms with E-state index in [2.05, 4.69) is 25.3 Å². The number of hydrogen-bond acceptors (Lipinski definition) is 6. The number of aliphatic carboxylic acids is 1. The van der Waals surface area contributed by atoms with Crippen LogP contribution in [-0.2, 0) is 16.0 Å². The molecule has 110 valence electrons. The number of carbonyl (C=O) groups is 3. The van der Waals surface area contributed by atoms with Crippen LogP contribution in [0.5, 0.6) is 0 Å². The van der Waals surface area contributed by atoms with Crippen molar-refractivity contribution in [1.29, 1.82) is 0 Å². The van der Waals surface area contributed by atoms with Crippen LogP contribution in [0, 0.1) is 0 Å². The number of amides is 3. The first-order chi connectivity index (χ1) is 9.49. The predicted molar refractivity (Wildman–Crippen MR) is 64.4 cm³/mol. The molecule has 0 radical (unpaired) electrons. The lowest BCUT2D eigenvalue weighted by Crippen LogP contribution is -2.46. The van der Waals surface area contributed by atoms with Crippen molar-refractivity contribution in [2.75, 3.05) is 6.54 Å². The zero-order valence-corrected chi connectivity index (χ0v) is 10.5. The van der Waals surface area contributed by atoms with Gasteiger partial charge in [0.1, 0.15) is 6.04 Å². The van der Waals surface area contributed by atoms with Crippen molar-refractivity contribution < 1.29 is 24.0 Å². The molecule has 1 rings (SSSR count). The molecule has 1 heterocycles. The van der Waals surface area contributed by atoms with Gasteiger partial charge in [-0.3, -0.25) is 4.79 Å². The van der Waals surface area contributed by atoms with Gasteiger partial charge in [0.15, 0.2) is 5.82 Å². The second-order valence-corrected chi connectivity index (χ2v) is 3.89. The van der Waals surface area contributed by atoms with Crippen LogP contribution >= 0.6 is 0 Å². The van der Waals surface area contributed by atoms with Crippen LogP contribution in [0.4, 0.5) is 4.79 Å². The number of nitrogens with one attached hydrogen (secondary N) is 2. The number of rotatable bonds is 8. The molecule has 0 aromatic carbocycles. The highest BCUT2D eigenvalue weighted by atomic mass is 16.5. The average Bonchev–Trinajstić information content (AvgIpc) is 2.87. The van der Waals surface area contributed by atoms with E-state index in [4.69, 9.17) is 10.8 Å². The highest BCUT2D eigenvalue weighted by Crippen LogP contribution is 1.97. The molecular formula is C10H15N5O5. The molecule has 0 saturated heterocycles. The van der Waals surface area contributed by atoms with Crippen molar-refractivity contribution >= 4 is 17.9 Å². The third-order valence-electron chi connectivity index (χ3n) is 2.32. The minimum atomic E-state index is -1.24. The maximum atomic E-state index is 11.5. The molecule has 0 fully saturated rings. The van der Waals surface area contributed by atoms with Crippen molar-refractivity contribution in [2.45, 2.75) is 25.3 Å². The Morgan fingerprint density at radius 1 is 1.45 bits per heavy atom. The van der Waals surface area contributed by atoms with Crippen LogP contribution in [0.1, 0.15) is 18.7 Å². The summed E-state index contributed by atoms with van der Waals surface area (Å²) in [5, 5.41) is 17.1. The highest BCUT2D eigenvalue weighted by Gasteiger charge is 2.20. The van der Waals surface area contributed by atoms with E-state index in [0.717, 1.165) is 0 Å². The van der Waals surface area contributed by atoms with Gasteiger partial charge in [-0.15, -0.1) is 0 Å². The molecule has 1 aromatic heterocycles. The van der Waals surface area contributed by atoms with E-state index in [1.165, 1.54) is 6.39 Å². The van der Waals surface area contributed by atoms with Crippen molar-refractivity contribution in [1.82, 2.24) is 20.8 Å². The molecular weight excluding hydrogens is 270 g/mol. The summed E-state index contributed by atoms with van der Waals surface area (Å²) in [6.45, 7) is 0.216. The summed E-state index contributed by atoms with van der Waals surface area (Å²) < 4.78 is 4.51. The first-order valence-electron chi connectivity index (χ1n) is 5.79. The third kappa shape index (κ3) is 5.80. The van der Waals surface area contributed by atoms with Crippen molar-refractivity contribution in [2.24, 2.45) is 5.73 Å².